The molecule has 1 amide bonds. The smallest absolute Gasteiger partial charge is 0.276 e. The highest BCUT2D eigenvalue weighted by atomic mass is 19.1. The van der Waals surface area contributed by atoms with Crippen LogP contribution in [0.5, 0.6) is 0 Å². The van der Waals surface area contributed by atoms with Crippen LogP contribution in [0, 0.1) is 18.6 Å². The van der Waals surface area contributed by atoms with Gasteiger partial charge < -0.3 is 10.0 Å². The Morgan fingerprint density at radius 1 is 1.33 bits per heavy atom. The third-order valence-corrected chi connectivity index (χ3v) is 4.00. The van der Waals surface area contributed by atoms with Crippen LogP contribution < -0.4 is 0 Å². The van der Waals surface area contributed by atoms with Crippen LogP contribution in [0.25, 0.3) is 0 Å². The Morgan fingerprint density at radius 2 is 2.04 bits per heavy atom. The Labute approximate surface area is 139 Å². The summed E-state index contributed by atoms with van der Waals surface area (Å²) < 4.78 is 27.0. The van der Waals surface area contributed by atoms with E-state index in [1.54, 1.807) is 0 Å². The van der Waals surface area contributed by atoms with Gasteiger partial charge in [0.25, 0.3) is 5.91 Å². The number of carbonyl (C=O) groups excluding carboxylic acids is 1. The summed E-state index contributed by atoms with van der Waals surface area (Å²) in [4.78, 5) is 17.7. The Kier molecular flexibility index (Phi) is 5.98. The van der Waals surface area contributed by atoms with E-state index < -0.39 is 29.3 Å². The summed E-state index contributed by atoms with van der Waals surface area (Å²) in [7, 11) is 0. The molecular formula is C18H20F2N2O2. The highest BCUT2D eigenvalue weighted by Crippen LogP contribution is 2.18. The summed E-state index contributed by atoms with van der Waals surface area (Å²) in [6, 6.07) is 7.66. The highest BCUT2D eigenvalue weighted by molar-refractivity contribution is 5.92. The molecule has 6 heteroatoms. The van der Waals surface area contributed by atoms with Gasteiger partial charge in [0.2, 0.25) is 0 Å². The molecule has 0 radical (unpaired) electrons. The fourth-order valence-electron chi connectivity index (χ4n) is 2.49. The maximum atomic E-state index is 13.9. The van der Waals surface area contributed by atoms with Crippen molar-refractivity contribution in [3.8, 4) is 0 Å². The number of hydrogen-bond donors (Lipinski definition) is 1. The molecule has 1 aromatic carbocycles. The lowest BCUT2D eigenvalue weighted by atomic mass is 10.1. The monoisotopic (exact) mass is 334 g/mol. The molecule has 0 aliphatic rings. The number of aliphatic hydroxyl groups excluding tert-OH is 1. The Bertz CT molecular complexity index is 718. The molecule has 2 aromatic rings. The van der Waals surface area contributed by atoms with Gasteiger partial charge in [-0.25, -0.2) is 13.8 Å². The second kappa shape index (κ2) is 7.97. The van der Waals surface area contributed by atoms with Crippen molar-refractivity contribution in [2.24, 2.45) is 0 Å². The van der Waals surface area contributed by atoms with Crippen molar-refractivity contribution < 1.29 is 18.7 Å². The maximum Gasteiger partial charge on any atom is 0.276 e. The molecule has 128 valence electrons. The van der Waals surface area contributed by atoms with Crippen LogP contribution in [0.15, 0.2) is 36.5 Å². The Balaban J connectivity index is 2.38. The van der Waals surface area contributed by atoms with E-state index in [4.69, 9.17) is 0 Å². The lowest BCUT2D eigenvalue weighted by Crippen LogP contribution is -2.42. The molecule has 0 saturated carbocycles. The predicted molar refractivity (Wildman–Crippen MR) is 86.4 cm³/mol. The van der Waals surface area contributed by atoms with Crippen LogP contribution in [-0.4, -0.2) is 33.5 Å². The van der Waals surface area contributed by atoms with Crippen LogP contribution in [0.4, 0.5) is 8.78 Å². The normalized spacial score (nSPS) is 12.0. The molecular weight excluding hydrogens is 314 g/mol. The van der Waals surface area contributed by atoms with Crippen molar-refractivity contribution in [1.29, 1.82) is 0 Å². The third kappa shape index (κ3) is 3.94. The lowest BCUT2D eigenvalue weighted by Gasteiger charge is -2.30. The van der Waals surface area contributed by atoms with E-state index in [1.807, 2.05) is 38.1 Å². The first kappa shape index (κ1) is 18.0. The quantitative estimate of drug-likeness (QED) is 0.883. The number of hydrogen-bond acceptors (Lipinski definition) is 3. The van der Waals surface area contributed by atoms with Crippen LogP contribution in [-0.2, 0) is 6.54 Å². The average Bonchev–Trinajstić information content (AvgIpc) is 2.56. The van der Waals surface area contributed by atoms with Crippen molar-refractivity contribution >= 4 is 5.91 Å². The van der Waals surface area contributed by atoms with Crippen molar-refractivity contribution in [2.45, 2.75) is 32.9 Å². The largest absolute Gasteiger partial charge is 0.394 e. The first-order valence-electron chi connectivity index (χ1n) is 7.75. The summed E-state index contributed by atoms with van der Waals surface area (Å²) in [6.07, 6.45) is 1.30. The van der Waals surface area contributed by atoms with E-state index in [9.17, 15) is 18.7 Å². The van der Waals surface area contributed by atoms with Gasteiger partial charge in [-0.05, 0) is 24.5 Å². The standard InChI is InChI=1S/C18H20F2N2O2/c1-3-15(11-23)22(10-13-7-5-4-6-12(13)2)18(24)17-16(20)8-14(19)9-21-17/h4-9,15,23H,3,10-11H2,1-2H3. The highest BCUT2D eigenvalue weighted by Gasteiger charge is 2.27. The molecule has 1 heterocycles. The van der Waals surface area contributed by atoms with Crippen molar-refractivity contribution in [2.75, 3.05) is 6.61 Å². The average molecular weight is 334 g/mol. The zero-order valence-corrected chi connectivity index (χ0v) is 13.7. The first-order chi connectivity index (χ1) is 11.5. The molecule has 1 N–H and O–H groups in total. The van der Waals surface area contributed by atoms with Gasteiger partial charge in [0.15, 0.2) is 11.5 Å². The topological polar surface area (TPSA) is 53.4 Å². The lowest BCUT2D eigenvalue weighted by molar-refractivity contribution is 0.0552. The summed E-state index contributed by atoms with van der Waals surface area (Å²) in [5.41, 5.74) is 1.42. The minimum atomic E-state index is -1.01. The van der Waals surface area contributed by atoms with Gasteiger partial charge in [-0.3, -0.25) is 4.79 Å². The van der Waals surface area contributed by atoms with E-state index in [0.717, 1.165) is 17.3 Å². The number of nitrogens with zero attached hydrogens (tertiary/aromatic N) is 2. The number of rotatable bonds is 6. The maximum absolute atomic E-state index is 13.9. The molecule has 1 atom stereocenters. The Hall–Kier alpha value is -2.34. The van der Waals surface area contributed by atoms with Gasteiger partial charge >= 0.3 is 0 Å². The molecule has 4 nitrogen and oxygen atoms in total. The summed E-state index contributed by atoms with van der Waals surface area (Å²) in [5.74, 6) is -2.53. The SMILES string of the molecule is CCC(CO)N(Cc1ccccc1C)C(=O)c1ncc(F)cc1F. The number of pyridine rings is 1. The molecule has 0 bridgehead atoms. The van der Waals surface area contributed by atoms with Gasteiger partial charge in [0.1, 0.15) is 5.82 Å². The zero-order valence-electron chi connectivity index (χ0n) is 13.7. The molecule has 0 spiro atoms. The van der Waals surface area contributed by atoms with Gasteiger partial charge in [0, 0.05) is 12.6 Å². The van der Waals surface area contributed by atoms with E-state index in [-0.39, 0.29) is 13.2 Å². The molecule has 0 aliphatic heterocycles. The van der Waals surface area contributed by atoms with Gasteiger partial charge in [-0.1, -0.05) is 31.2 Å². The van der Waals surface area contributed by atoms with Crippen molar-refractivity contribution in [3.05, 3.63) is 65.0 Å². The number of aromatic nitrogens is 1. The molecule has 0 fully saturated rings. The van der Waals surface area contributed by atoms with E-state index in [0.29, 0.717) is 12.5 Å². The number of benzene rings is 1. The summed E-state index contributed by atoms with van der Waals surface area (Å²) in [5, 5.41) is 9.58. The van der Waals surface area contributed by atoms with Gasteiger partial charge in [0.05, 0.1) is 18.8 Å². The minimum Gasteiger partial charge on any atom is -0.394 e. The van der Waals surface area contributed by atoms with Gasteiger partial charge in [-0.2, -0.15) is 0 Å². The van der Waals surface area contributed by atoms with Crippen LogP contribution in [0.1, 0.15) is 35.0 Å². The molecule has 24 heavy (non-hydrogen) atoms. The number of aryl methyl sites for hydroxylation is 1. The summed E-state index contributed by atoms with van der Waals surface area (Å²) in [6.45, 7) is 3.70. The van der Waals surface area contributed by atoms with Crippen molar-refractivity contribution in [3.63, 3.8) is 0 Å². The minimum absolute atomic E-state index is 0.211. The fourth-order valence-corrected chi connectivity index (χ4v) is 2.49. The molecule has 1 aromatic heterocycles. The Morgan fingerprint density at radius 3 is 2.62 bits per heavy atom. The zero-order chi connectivity index (χ0) is 17.7. The third-order valence-electron chi connectivity index (χ3n) is 4.00. The first-order valence-corrected chi connectivity index (χ1v) is 7.75. The fraction of sp³-hybridized carbons (Fsp3) is 0.333. The number of halogens is 2. The number of aliphatic hydroxyl groups is 1. The number of amides is 1. The van der Waals surface area contributed by atoms with Crippen LogP contribution in [0.3, 0.4) is 0 Å². The summed E-state index contributed by atoms with van der Waals surface area (Å²) >= 11 is 0. The molecule has 0 saturated heterocycles. The molecule has 1 unspecified atom stereocenters. The van der Waals surface area contributed by atoms with Crippen molar-refractivity contribution in [1.82, 2.24) is 9.88 Å². The van der Waals surface area contributed by atoms with E-state index >= 15 is 0 Å². The number of carbonyl (C=O) groups is 1. The second-order valence-electron chi connectivity index (χ2n) is 5.59. The molecule has 2 rings (SSSR count). The predicted octanol–water partition coefficient (Wildman–Crippen LogP) is 3.08. The van der Waals surface area contributed by atoms with Crippen LogP contribution >= 0.6 is 0 Å². The van der Waals surface area contributed by atoms with E-state index in [1.165, 1.54) is 4.90 Å². The van der Waals surface area contributed by atoms with E-state index in [2.05, 4.69) is 4.98 Å². The van der Waals surface area contributed by atoms with Gasteiger partial charge in [-0.15, -0.1) is 0 Å². The van der Waals surface area contributed by atoms with Crippen LogP contribution in [0.2, 0.25) is 0 Å². The second-order valence-corrected chi connectivity index (χ2v) is 5.59. The molecule has 0 aliphatic carbocycles.